The summed E-state index contributed by atoms with van der Waals surface area (Å²) in [6.07, 6.45) is 4.02. The second-order valence-corrected chi connectivity index (χ2v) is 7.77. The lowest BCUT2D eigenvalue weighted by atomic mass is 9.94. The lowest BCUT2D eigenvalue weighted by molar-refractivity contribution is -0.858. The van der Waals surface area contributed by atoms with E-state index in [2.05, 4.69) is 4.98 Å². The van der Waals surface area contributed by atoms with Crippen molar-refractivity contribution in [1.29, 1.82) is 0 Å². The summed E-state index contributed by atoms with van der Waals surface area (Å²) in [5.74, 6) is -0.790. The van der Waals surface area contributed by atoms with Gasteiger partial charge in [-0.15, -0.1) is 0 Å². The molecule has 0 radical (unpaired) electrons. The summed E-state index contributed by atoms with van der Waals surface area (Å²) in [5, 5.41) is 11.1. The summed E-state index contributed by atoms with van der Waals surface area (Å²) < 4.78 is 5.23. The predicted molar refractivity (Wildman–Crippen MR) is 113 cm³/mol. The van der Waals surface area contributed by atoms with Crippen molar-refractivity contribution in [3.05, 3.63) is 65.0 Å². The van der Waals surface area contributed by atoms with Gasteiger partial charge in [0.05, 0.1) is 39.4 Å². The van der Waals surface area contributed by atoms with E-state index in [4.69, 9.17) is 4.74 Å². The fourth-order valence-corrected chi connectivity index (χ4v) is 3.77. The van der Waals surface area contributed by atoms with Gasteiger partial charge in [-0.2, -0.15) is 0 Å². The lowest BCUT2D eigenvalue weighted by Crippen LogP contribution is -3.05. The molecule has 1 amide bonds. The highest BCUT2D eigenvalue weighted by atomic mass is 16.5. The first-order valence-electron chi connectivity index (χ1n) is 9.97. The number of carbonyl (C=O) groups excluding carboxylic acids is 2. The van der Waals surface area contributed by atoms with E-state index in [0.717, 1.165) is 18.5 Å². The molecule has 3 rings (SSSR count). The average molecular weight is 410 g/mol. The highest BCUT2D eigenvalue weighted by molar-refractivity contribution is 6.46. The minimum atomic E-state index is -0.672. The van der Waals surface area contributed by atoms with Crippen molar-refractivity contribution in [3.63, 3.8) is 0 Å². The van der Waals surface area contributed by atoms with Gasteiger partial charge in [-0.1, -0.05) is 6.07 Å². The third-order valence-electron chi connectivity index (χ3n) is 5.30. The Kier molecular flexibility index (Phi) is 6.52. The number of aromatic nitrogens is 1. The Hall–Kier alpha value is -3.19. The molecule has 7 heteroatoms. The van der Waals surface area contributed by atoms with Gasteiger partial charge >= 0.3 is 0 Å². The van der Waals surface area contributed by atoms with Crippen LogP contribution in [0.5, 0.6) is 5.75 Å². The van der Waals surface area contributed by atoms with Crippen LogP contribution in [0.2, 0.25) is 0 Å². The first-order valence-corrected chi connectivity index (χ1v) is 9.97. The van der Waals surface area contributed by atoms with Crippen LogP contribution in [-0.2, 0) is 9.59 Å². The average Bonchev–Trinajstić information content (AvgIpc) is 2.98. The molecule has 2 N–H and O–H groups in total. The molecular formula is C23H28N3O4+. The van der Waals surface area contributed by atoms with Crippen molar-refractivity contribution >= 4 is 17.4 Å². The van der Waals surface area contributed by atoms with Crippen LogP contribution in [0.1, 0.15) is 29.2 Å². The molecular weight excluding hydrogens is 382 g/mol. The number of hydrogen-bond donors (Lipinski definition) is 2. The summed E-state index contributed by atoms with van der Waals surface area (Å²) in [5.41, 5.74) is 2.04. The van der Waals surface area contributed by atoms with E-state index in [1.807, 2.05) is 27.1 Å². The number of aliphatic hydroxyl groups excluding tert-OH is 1. The van der Waals surface area contributed by atoms with E-state index in [1.54, 1.807) is 48.7 Å². The molecule has 0 bridgehead atoms. The van der Waals surface area contributed by atoms with E-state index in [-0.39, 0.29) is 11.3 Å². The molecule has 30 heavy (non-hydrogen) atoms. The fraction of sp³-hybridized carbons (Fsp3) is 0.348. The minimum absolute atomic E-state index is 0.0958. The highest BCUT2D eigenvalue weighted by Gasteiger charge is 2.46. The first kappa shape index (κ1) is 21.5. The number of rotatable bonds is 7. The smallest absolute Gasteiger partial charge is 0.295 e. The number of pyridine rings is 1. The number of benzene rings is 1. The molecule has 7 nitrogen and oxygen atoms in total. The molecule has 1 aromatic carbocycles. The molecule has 2 heterocycles. The number of amides is 1. The molecule has 1 unspecified atom stereocenters. The quantitative estimate of drug-likeness (QED) is 0.409. The molecule has 2 aromatic rings. The molecule has 1 aliphatic heterocycles. The van der Waals surface area contributed by atoms with Crippen LogP contribution in [0.4, 0.5) is 0 Å². The molecule has 1 atom stereocenters. The van der Waals surface area contributed by atoms with Crippen LogP contribution in [-0.4, -0.2) is 61.0 Å². The molecule has 0 spiro atoms. The summed E-state index contributed by atoms with van der Waals surface area (Å²) in [4.78, 5) is 32.8. The van der Waals surface area contributed by atoms with Gasteiger partial charge < -0.3 is 19.6 Å². The molecule has 158 valence electrons. The van der Waals surface area contributed by atoms with Crippen LogP contribution in [0, 0.1) is 6.92 Å². The van der Waals surface area contributed by atoms with Gasteiger partial charge in [-0.25, -0.2) is 0 Å². The van der Waals surface area contributed by atoms with Crippen LogP contribution in [0.3, 0.4) is 0 Å². The highest BCUT2D eigenvalue weighted by Crippen LogP contribution is 2.39. The summed E-state index contributed by atoms with van der Waals surface area (Å²) in [6.45, 7) is 3.11. The van der Waals surface area contributed by atoms with Crippen molar-refractivity contribution in [1.82, 2.24) is 9.88 Å². The maximum absolute atomic E-state index is 13.0. The zero-order valence-corrected chi connectivity index (χ0v) is 17.8. The minimum Gasteiger partial charge on any atom is -0.507 e. The third-order valence-corrected chi connectivity index (χ3v) is 5.30. The Morgan fingerprint density at radius 1 is 1.27 bits per heavy atom. The van der Waals surface area contributed by atoms with E-state index >= 15 is 0 Å². The van der Waals surface area contributed by atoms with Crippen molar-refractivity contribution in [2.45, 2.75) is 19.4 Å². The molecule has 0 saturated carbocycles. The third kappa shape index (κ3) is 4.21. The van der Waals surface area contributed by atoms with Crippen LogP contribution < -0.4 is 9.64 Å². The van der Waals surface area contributed by atoms with Gasteiger partial charge in [0.15, 0.2) is 0 Å². The topological polar surface area (TPSA) is 84.2 Å². The first-order chi connectivity index (χ1) is 14.3. The maximum atomic E-state index is 13.0. The number of Topliss-reactive ketones (excluding diaryl/α,β-unsaturated/α-hetero) is 1. The van der Waals surface area contributed by atoms with Crippen LogP contribution >= 0.6 is 0 Å². The number of ketones is 1. The molecule has 1 saturated heterocycles. The van der Waals surface area contributed by atoms with E-state index in [1.165, 1.54) is 4.90 Å². The molecule has 1 aromatic heterocycles. The van der Waals surface area contributed by atoms with Crippen LogP contribution in [0.25, 0.3) is 5.76 Å². The van der Waals surface area contributed by atoms with E-state index in [0.29, 0.717) is 23.4 Å². The van der Waals surface area contributed by atoms with Gasteiger partial charge in [-0.3, -0.25) is 14.6 Å². The van der Waals surface area contributed by atoms with Gasteiger partial charge in [0, 0.05) is 30.9 Å². The molecule has 1 fully saturated rings. The molecule has 0 aliphatic carbocycles. The number of carbonyl (C=O) groups is 2. The number of aryl methyl sites for hydroxylation is 1. The maximum Gasteiger partial charge on any atom is 0.295 e. The van der Waals surface area contributed by atoms with E-state index < -0.39 is 17.7 Å². The van der Waals surface area contributed by atoms with Gasteiger partial charge in [0.1, 0.15) is 11.5 Å². The number of methoxy groups -OCH3 is 1. The summed E-state index contributed by atoms with van der Waals surface area (Å²) in [7, 11) is 5.65. The Bertz CT molecular complexity index is 970. The number of ether oxygens (including phenoxy) is 1. The second kappa shape index (κ2) is 9.09. The van der Waals surface area contributed by atoms with Crippen molar-refractivity contribution in [2.24, 2.45) is 0 Å². The monoisotopic (exact) mass is 410 g/mol. The standard InChI is InChI=1S/C23H27N3O4/c1-15-13-17(30-4)8-9-18(15)21(27)19-20(16-7-5-10-24-14-16)26(23(29)22(19)28)12-6-11-25(2)3/h5,7-10,13-14,20,27H,6,11-12H2,1-4H3/p+1. The summed E-state index contributed by atoms with van der Waals surface area (Å²) >= 11 is 0. The lowest BCUT2D eigenvalue weighted by Gasteiger charge is -2.25. The zero-order chi connectivity index (χ0) is 21.8. The number of nitrogens with zero attached hydrogens (tertiary/aromatic N) is 2. The van der Waals surface area contributed by atoms with Crippen LogP contribution in [0.15, 0.2) is 48.3 Å². The normalized spacial score (nSPS) is 18.3. The number of hydrogen-bond acceptors (Lipinski definition) is 5. The van der Waals surface area contributed by atoms with Gasteiger partial charge in [0.25, 0.3) is 11.7 Å². The Morgan fingerprint density at radius 3 is 2.63 bits per heavy atom. The van der Waals surface area contributed by atoms with Gasteiger partial charge in [-0.05, 0) is 42.3 Å². The number of aliphatic hydroxyl groups is 1. The molecule has 1 aliphatic rings. The fourth-order valence-electron chi connectivity index (χ4n) is 3.77. The zero-order valence-electron chi connectivity index (χ0n) is 17.8. The SMILES string of the molecule is COc1ccc(C(O)=C2C(=O)C(=O)N(CCC[NH+](C)C)C2c2cccnc2)c(C)c1. The van der Waals surface area contributed by atoms with E-state index in [9.17, 15) is 14.7 Å². The predicted octanol–water partition coefficient (Wildman–Crippen LogP) is 1.35. The van der Waals surface area contributed by atoms with Crippen molar-refractivity contribution in [2.75, 3.05) is 34.3 Å². The van der Waals surface area contributed by atoms with Crippen molar-refractivity contribution < 1.29 is 24.3 Å². The number of quaternary nitrogens is 1. The summed E-state index contributed by atoms with van der Waals surface area (Å²) in [6, 6.07) is 8.12. The largest absolute Gasteiger partial charge is 0.507 e. The van der Waals surface area contributed by atoms with Crippen molar-refractivity contribution in [3.8, 4) is 5.75 Å². The van der Waals surface area contributed by atoms with Gasteiger partial charge in [0.2, 0.25) is 0 Å². The number of nitrogens with one attached hydrogen (secondary N) is 1. The Morgan fingerprint density at radius 2 is 2.03 bits per heavy atom. The Labute approximate surface area is 176 Å². The number of likely N-dealkylation sites (tertiary alicyclic amines) is 1. The Balaban J connectivity index is 2.09. The second-order valence-electron chi connectivity index (χ2n) is 7.77.